The van der Waals surface area contributed by atoms with Gasteiger partial charge in [0.1, 0.15) is 0 Å². The number of rotatable bonds is 5. The van der Waals surface area contributed by atoms with Gasteiger partial charge < -0.3 is 10.6 Å². The van der Waals surface area contributed by atoms with Gasteiger partial charge in [-0.25, -0.2) is 0 Å². The fourth-order valence-electron chi connectivity index (χ4n) is 2.81. The molecule has 4 nitrogen and oxygen atoms in total. The van der Waals surface area contributed by atoms with Gasteiger partial charge in [0.15, 0.2) is 0 Å². The highest BCUT2D eigenvalue weighted by Crippen LogP contribution is 2.27. The van der Waals surface area contributed by atoms with Crippen LogP contribution in [0.25, 0.3) is 0 Å². The monoisotopic (exact) mass is 288 g/mol. The van der Waals surface area contributed by atoms with Gasteiger partial charge in [-0.05, 0) is 49.8 Å². The lowest BCUT2D eigenvalue weighted by Crippen LogP contribution is -2.33. The first-order valence-corrected chi connectivity index (χ1v) is 7.69. The Bertz CT molecular complexity index is 520. The average molecular weight is 288 g/mol. The third-order valence-electron chi connectivity index (χ3n) is 4.27. The molecule has 1 aliphatic carbocycles. The standard InChI is InChI=1S/C17H24N2O2/c1-12-6-5-9-15(13(12)2)19-17(21)11-18-16(20)10-14-7-3-4-8-14/h5-6,9,14H,3-4,7-8,10-11H2,1-2H3,(H,18,20)(H,19,21). The third-order valence-corrected chi connectivity index (χ3v) is 4.27. The molecule has 0 saturated heterocycles. The fraction of sp³-hybridized carbons (Fsp3) is 0.529. The minimum absolute atomic E-state index is 0.0157. The van der Waals surface area contributed by atoms with E-state index in [0.29, 0.717) is 12.3 Å². The number of benzene rings is 1. The van der Waals surface area contributed by atoms with Crippen LogP contribution in [0.1, 0.15) is 43.2 Å². The first-order valence-electron chi connectivity index (χ1n) is 7.69. The Balaban J connectivity index is 1.76. The van der Waals surface area contributed by atoms with E-state index in [1.807, 2.05) is 32.0 Å². The smallest absolute Gasteiger partial charge is 0.243 e. The molecule has 1 aliphatic rings. The summed E-state index contributed by atoms with van der Waals surface area (Å²) in [7, 11) is 0. The third kappa shape index (κ3) is 4.59. The Morgan fingerprint density at radius 3 is 2.57 bits per heavy atom. The number of carbonyl (C=O) groups is 2. The van der Waals surface area contributed by atoms with Crippen molar-refractivity contribution in [2.45, 2.75) is 46.0 Å². The van der Waals surface area contributed by atoms with Crippen molar-refractivity contribution in [3.8, 4) is 0 Å². The molecule has 1 fully saturated rings. The van der Waals surface area contributed by atoms with Crippen LogP contribution >= 0.6 is 0 Å². The van der Waals surface area contributed by atoms with Crippen LogP contribution in [0, 0.1) is 19.8 Å². The molecule has 21 heavy (non-hydrogen) atoms. The van der Waals surface area contributed by atoms with E-state index in [2.05, 4.69) is 10.6 Å². The van der Waals surface area contributed by atoms with Crippen molar-refractivity contribution in [3.63, 3.8) is 0 Å². The molecule has 4 heteroatoms. The molecular weight excluding hydrogens is 264 g/mol. The summed E-state index contributed by atoms with van der Waals surface area (Å²) < 4.78 is 0. The summed E-state index contributed by atoms with van der Waals surface area (Å²) in [4.78, 5) is 23.7. The number of amides is 2. The number of anilines is 1. The van der Waals surface area contributed by atoms with Gasteiger partial charge in [0, 0.05) is 12.1 Å². The molecule has 114 valence electrons. The predicted molar refractivity (Wildman–Crippen MR) is 84.1 cm³/mol. The van der Waals surface area contributed by atoms with Crippen LogP contribution in [0.15, 0.2) is 18.2 Å². The number of aryl methyl sites for hydroxylation is 1. The summed E-state index contributed by atoms with van der Waals surface area (Å²) in [5, 5.41) is 5.56. The molecule has 0 heterocycles. The number of hydrogen-bond acceptors (Lipinski definition) is 2. The van der Waals surface area contributed by atoms with Gasteiger partial charge in [0.25, 0.3) is 0 Å². The van der Waals surface area contributed by atoms with Crippen molar-refractivity contribution in [1.82, 2.24) is 5.32 Å². The van der Waals surface area contributed by atoms with E-state index in [-0.39, 0.29) is 18.4 Å². The Kier molecular flexibility index (Phi) is 5.37. The van der Waals surface area contributed by atoms with E-state index in [1.54, 1.807) is 0 Å². The van der Waals surface area contributed by atoms with Crippen molar-refractivity contribution in [3.05, 3.63) is 29.3 Å². The van der Waals surface area contributed by atoms with Crippen LogP contribution in [0.3, 0.4) is 0 Å². The van der Waals surface area contributed by atoms with Crippen LogP contribution in [0.4, 0.5) is 5.69 Å². The first kappa shape index (κ1) is 15.5. The summed E-state index contributed by atoms with van der Waals surface area (Å²) in [5.41, 5.74) is 3.01. The number of carbonyl (C=O) groups excluding carboxylic acids is 2. The van der Waals surface area contributed by atoms with Crippen LogP contribution in [-0.2, 0) is 9.59 Å². The summed E-state index contributed by atoms with van der Waals surface area (Å²) in [6.07, 6.45) is 5.29. The second-order valence-corrected chi connectivity index (χ2v) is 5.93. The summed E-state index contributed by atoms with van der Waals surface area (Å²) in [6, 6.07) is 5.80. The van der Waals surface area contributed by atoms with Crippen molar-refractivity contribution < 1.29 is 9.59 Å². The number of nitrogens with one attached hydrogen (secondary N) is 2. The maximum Gasteiger partial charge on any atom is 0.243 e. The van der Waals surface area contributed by atoms with Crippen LogP contribution in [-0.4, -0.2) is 18.4 Å². The van der Waals surface area contributed by atoms with E-state index >= 15 is 0 Å². The maximum atomic E-state index is 11.9. The molecular formula is C17H24N2O2. The molecule has 1 saturated carbocycles. The van der Waals surface area contributed by atoms with Crippen LogP contribution < -0.4 is 10.6 Å². The zero-order valence-corrected chi connectivity index (χ0v) is 12.9. The zero-order chi connectivity index (χ0) is 15.2. The molecule has 0 spiro atoms. The van der Waals surface area contributed by atoms with Crippen LogP contribution in [0.2, 0.25) is 0 Å². The lowest BCUT2D eigenvalue weighted by molar-refractivity contribution is -0.124. The quantitative estimate of drug-likeness (QED) is 0.875. The highest BCUT2D eigenvalue weighted by molar-refractivity contribution is 5.95. The normalized spacial score (nSPS) is 15.0. The van der Waals surface area contributed by atoms with Gasteiger partial charge in [0.05, 0.1) is 6.54 Å². The van der Waals surface area contributed by atoms with Gasteiger partial charge in [-0.3, -0.25) is 9.59 Å². The predicted octanol–water partition coefficient (Wildman–Crippen LogP) is 2.94. The second kappa shape index (κ2) is 7.25. The molecule has 0 bridgehead atoms. The Morgan fingerprint density at radius 1 is 1.14 bits per heavy atom. The van der Waals surface area contributed by atoms with E-state index in [4.69, 9.17) is 0 Å². The van der Waals surface area contributed by atoms with Gasteiger partial charge in [-0.2, -0.15) is 0 Å². The molecule has 1 aromatic rings. The highest BCUT2D eigenvalue weighted by Gasteiger charge is 2.18. The molecule has 2 amide bonds. The van der Waals surface area contributed by atoms with Crippen molar-refractivity contribution in [1.29, 1.82) is 0 Å². The summed E-state index contributed by atoms with van der Waals surface area (Å²) in [5.74, 6) is 0.313. The topological polar surface area (TPSA) is 58.2 Å². The molecule has 0 radical (unpaired) electrons. The van der Waals surface area contributed by atoms with Gasteiger partial charge in [0.2, 0.25) is 11.8 Å². The SMILES string of the molecule is Cc1cccc(NC(=O)CNC(=O)CC2CCCC2)c1C. The van der Waals surface area contributed by atoms with E-state index < -0.39 is 0 Å². The molecule has 0 unspecified atom stereocenters. The number of hydrogen-bond donors (Lipinski definition) is 2. The van der Waals surface area contributed by atoms with Gasteiger partial charge in [-0.1, -0.05) is 25.0 Å². The molecule has 2 N–H and O–H groups in total. The lowest BCUT2D eigenvalue weighted by atomic mass is 10.0. The van der Waals surface area contributed by atoms with E-state index in [0.717, 1.165) is 29.7 Å². The molecule has 0 aromatic heterocycles. The average Bonchev–Trinajstić information content (AvgIpc) is 2.94. The summed E-state index contributed by atoms with van der Waals surface area (Å²) in [6.45, 7) is 4.02. The Labute approximate surface area is 126 Å². The second-order valence-electron chi connectivity index (χ2n) is 5.93. The van der Waals surface area contributed by atoms with Crippen LogP contribution in [0.5, 0.6) is 0 Å². The van der Waals surface area contributed by atoms with Crippen molar-refractivity contribution >= 4 is 17.5 Å². The maximum absolute atomic E-state index is 11.9. The van der Waals surface area contributed by atoms with E-state index in [9.17, 15) is 9.59 Å². The molecule has 2 rings (SSSR count). The minimum Gasteiger partial charge on any atom is -0.347 e. The summed E-state index contributed by atoms with van der Waals surface area (Å²) >= 11 is 0. The zero-order valence-electron chi connectivity index (χ0n) is 12.9. The molecule has 0 atom stereocenters. The molecule has 1 aromatic carbocycles. The lowest BCUT2D eigenvalue weighted by Gasteiger charge is -2.12. The van der Waals surface area contributed by atoms with Crippen molar-refractivity contribution in [2.24, 2.45) is 5.92 Å². The van der Waals surface area contributed by atoms with Gasteiger partial charge in [-0.15, -0.1) is 0 Å². The largest absolute Gasteiger partial charge is 0.347 e. The highest BCUT2D eigenvalue weighted by atomic mass is 16.2. The fourth-order valence-corrected chi connectivity index (χ4v) is 2.81. The van der Waals surface area contributed by atoms with Crippen molar-refractivity contribution in [2.75, 3.05) is 11.9 Å². The first-order chi connectivity index (χ1) is 10.1. The van der Waals surface area contributed by atoms with E-state index in [1.165, 1.54) is 12.8 Å². The molecule has 0 aliphatic heterocycles. The minimum atomic E-state index is -0.177. The van der Waals surface area contributed by atoms with Gasteiger partial charge >= 0.3 is 0 Å². The Morgan fingerprint density at radius 2 is 1.86 bits per heavy atom. The Hall–Kier alpha value is -1.84.